The van der Waals surface area contributed by atoms with Crippen LogP contribution in [0.4, 0.5) is 24.0 Å². The summed E-state index contributed by atoms with van der Waals surface area (Å²) in [5.74, 6) is -3.37. The van der Waals surface area contributed by atoms with Gasteiger partial charge in [-0.25, -0.2) is 24.0 Å². The van der Waals surface area contributed by atoms with E-state index in [4.69, 9.17) is 18.9 Å². The lowest BCUT2D eigenvalue weighted by atomic mass is 9.95. The molecule has 1 aliphatic heterocycles. The smallest absolute Gasteiger partial charge is 0.408 e. The number of carbonyl (C=O) groups excluding carboxylic acids is 8. The number of aromatic hydroxyl groups is 2. The second-order valence-electron chi connectivity index (χ2n) is 25.9. The lowest BCUT2D eigenvalue weighted by Crippen LogP contribution is -2.58. The predicted molar refractivity (Wildman–Crippen MR) is 313 cm³/mol. The summed E-state index contributed by atoms with van der Waals surface area (Å²) in [5, 5.41) is 54.2. The van der Waals surface area contributed by atoms with E-state index in [0.29, 0.717) is 24.0 Å². The van der Waals surface area contributed by atoms with Crippen molar-refractivity contribution in [3.8, 4) is 22.6 Å². The number of nitrogens with zero attached hydrogens (tertiary/aromatic N) is 1. The minimum Gasteiger partial charge on any atom is -0.508 e. The molecule has 2 aromatic carbocycles. The minimum atomic E-state index is -1.44. The topological polar surface area (TPSA) is 351 Å². The second kappa shape index (κ2) is 30.7. The quantitative estimate of drug-likeness (QED) is 0.0481. The maximum Gasteiger partial charge on any atom is 0.408 e. The van der Waals surface area contributed by atoms with E-state index in [1.807, 2.05) is 0 Å². The summed E-state index contributed by atoms with van der Waals surface area (Å²) in [7, 11) is 0. The van der Waals surface area contributed by atoms with Gasteiger partial charge in [-0.2, -0.15) is 0 Å². The van der Waals surface area contributed by atoms with Gasteiger partial charge in [-0.05, 0) is 189 Å². The molecule has 0 saturated carbocycles. The van der Waals surface area contributed by atoms with Crippen molar-refractivity contribution in [2.24, 2.45) is 0 Å². The van der Waals surface area contributed by atoms with Crippen LogP contribution >= 0.6 is 0 Å². The van der Waals surface area contributed by atoms with Crippen LogP contribution in [-0.4, -0.2) is 159 Å². The molecule has 0 aliphatic carbocycles. The number of amides is 9. The van der Waals surface area contributed by atoms with Crippen molar-refractivity contribution >= 4 is 54.1 Å². The summed E-state index contributed by atoms with van der Waals surface area (Å²) in [4.78, 5) is 122. The Kier molecular flexibility index (Phi) is 25.8. The number of fused-ring (bicyclic) bond motifs is 5. The number of hydrogen-bond donors (Lipinski definition) is 11. The molecule has 0 saturated heterocycles. The monoisotopic (exact) mass is 1180 g/mol. The van der Waals surface area contributed by atoms with Gasteiger partial charge in [-0.15, -0.1) is 0 Å². The van der Waals surface area contributed by atoms with Gasteiger partial charge in [0.25, 0.3) is 0 Å². The van der Waals surface area contributed by atoms with Crippen molar-refractivity contribution in [1.29, 1.82) is 0 Å². The molecule has 0 fully saturated rings. The third-order valence-corrected chi connectivity index (χ3v) is 12.4. The van der Waals surface area contributed by atoms with E-state index in [2.05, 4.69) is 42.5 Å². The number of benzene rings is 2. The SMILES string of the molecule is CC(C)(C)OC(=O)NCCC[C@@H](CNC(=O)C[C@H](CCCNC(=O)[C@@H]1Cc2cc(ccc2O)-c2ccc(O)c(c2)C[C@H](NC(=O)OC(C)(C)C)C(=O)N[C@@H](CCCN(C(=O)O)C(C)(C)C)C(=O)N1)NC(=O)OC(C)(C)C)NC(=O)OC(C)(C)C. The number of nitrogens with one attached hydrogen (secondary N) is 8. The molecule has 0 unspecified atom stereocenters. The molecule has 4 bridgehead atoms. The highest BCUT2D eigenvalue weighted by molar-refractivity contribution is 5.94. The van der Waals surface area contributed by atoms with Crippen LogP contribution in [0.15, 0.2) is 36.4 Å². The first kappa shape index (κ1) is 70.5. The largest absolute Gasteiger partial charge is 0.508 e. The van der Waals surface area contributed by atoms with E-state index in [1.54, 1.807) is 128 Å². The van der Waals surface area contributed by atoms with Crippen LogP contribution in [0.2, 0.25) is 0 Å². The Hall–Kier alpha value is -7.73. The van der Waals surface area contributed by atoms with Crippen molar-refractivity contribution in [3.63, 3.8) is 0 Å². The molecule has 2 aromatic rings. The maximum absolute atomic E-state index is 14.6. The summed E-state index contributed by atoms with van der Waals surface area (Å²) >= 11 is 0. The molecule has 84 heavy (non-hydrogen) atoms. The second-order valence-corrected chi connectivity index (χ2v) is 25.9. The number of carbonyl (C=O) groups is 9. The van der Waals surface area contributed by atoms with Gasteiger partial charge < -0.3 is 81.7 Å². The molecule has 1 heterocycles. The van der Waals surface area contributed by atoms with Gasteiger partial charge in [-0.3, -0.25) is 19.2 Å². The van der Waals surface area contributed by atoms with E-state index >= 15 is 0 Å². The average molecular weight is 1180 g/mol. The summed E-state index contributed by atoms with van der Waals surface area (Å²) in [6, 6.07) is 3.46. The number of phenolic OH excluding ortho intramolecular Hbond substituents is 2. The van der Waals surface area contributed by atoms with Crippen LogP contribution in [0.5, 0.6) is 11.5 Å². The van der Waals surface area contributed by atoms with Crippen LogP contribution < -0.4 is 42.5 Å². The molecule has 1 aliphatic rings. The van der Waals surface area contributed by atoms with Gasteiger partial charge in [0, 0.05) is 63.1 Å². The van der Waals surface area contributed by atoms with Gasteiger partial charge in [0.2, 0.25) is 23.6 Å². The first-order valence-corrected chi connectivity index (χ1v) is 28.4. The van der Waals surface area contributed by atoms with Crippen LogP contribution in [0.25, 0.3) is 11.1 Å². The minimum absolute atomic E-state index is 0.0454. The number of hydrogen-bond acceptors (Lipinski definition) is 15. The molecule has 25 nitrogen and oxygen atoms in total. The maximum atomic E-state index is 14.6. The van der Waals surface area contributed by atoms with Crippen LogP contribution in [0, 0.1) is 0 Å². The van der Waals surface area contributed by atoms with Gasteiger partial charge in [0.15, 0.2) is 0 Å². The Morgan fingerprint density at radius 1 is 0.595 bits per heavy atom. The summed E-state index contributed by atoms with van der Waals surface area (Å²) in [6.07, 6.45) is -4.26. The molecule has 0 radical (unpaired) electrons. The zero-order valence-corrected chi connectivity index (χ0v) is 51.6. The highest BCUT2D eigenvalue weighted by Crippen LogP contribution is 2.31. The average Bonchev–Trinajstić information content (AvgIpc) is 3.53. The van der Waals surface area contributed by atoms with Crippen LogP contribution in [-0.2, 0) is 51.0 Å². The molecule has 5 atom stereocenters. The van der Waals surface area contributed by atoms with E-state index in [-0.39, 0.29) is 93.8 Å². The van der Waals surface area contributed by atoms with E-state index < -0.39 is 112 Å². The van der Waals surface area contributed by atoms with Gasteiger partial charge in [0.1, 0.15) is 52.0 Å². The van der Waals surface area contributed by atoms with Crippen molar-refractivity contribution < 1.29 is 77.4 Å². The molecule has 0 aromatic heterocycles. The van der Waals surface area contributed by atoms with Crippen molar-refractivity contribution in [3.05, 3.63) is 47.5 Å². The summed E-state index contributed by atoms with van der Waals surface area (Å²) in [6.45, 7) is 25.4. The van der Waals surface area contributed by atoms with Crippen molar-refractivity contribution in [2.75, 3.05) is 26.2 Å². The normalized spacial score (nSPS) is 16.7. The number of ether oxygens (including phenoxy) is 4. The first-order chi connectivity index (χ1) is 38.7. The molecule has 25 heteroatoms. The first-order valence-electron chi connectivity index (χ1n) is 28.4. The molecule has 11 N–H and O–H groups in total. The third-order valence-electron chi connectivity index (χ3n) is 12.4. The molecule has 0 spiro atoms. The number of rotatable bonds is 20. The van der Waals surface area contributed by atoms with Crippen LogP contribution in [0.1, 0.15) is 160 Å². The van der Waals surface area contributed by atoms with Crippen molar-refractivity contribution in [2.45, 2.75) is 220 Å². The van der Waals surface area contributed by atoms with Crippen molar-refractivity contribution in [1.82, 2.24) is 47.4 Å². The molecular weight excluding hydrogens is 1090 g/mol. The van der Waals surface area contributed by atoms with E-state index in [0.717, 1.165) is 0 Å². The number of phenols is 2. The summed E-state index contributed by atoms with van der Waals surface area (Å²) < 4.78 is 21.7. The number of carboxylic acid groups (broad SMARTS) is 1. The zero-order valence-electron chi connectivity index (χ0n) is 51.6. The summed E-state index contributed by atoms with van der Waals surface area (Å²) in [5.41, 5.74) is -2.70. The molecule has 470 valence electrons. The van der Waals surface area contributed by atoms with Gasteiger partial charge in [-0.1, -0.05) is 12.1 Å². The highest BCUT2D eigenvalue weighted by Gasteiger charge is 2.34. The Morgan fingerprint density at radius 3 is 1.58 bits per heavy atom. The molecule has 3 rings (SSSR count). The fourth-order valence-corrected chi connectivity index (χ4v) is 8.62. The van der Waals surface area contributed by atoms with E-state index in [1.165, 1.54) is 17.0 Å². The Morgan fingerprint density at radius 2 is 1.07 bits per heavy atom. The fourth-order valence-electron chi connectivity index (χ4n) is 8.62. The van der Waals surface area contributed by atoms with Gasteiger partial charge >= 0.3 is 30.5 Å². The fraction of sp³-hybridized carbons (Fsp3) is 0.644. The molecule has 9 amide bonds. The predicted octanol–water partition coefficient (Wildman–Crippen LogP) is 6.78. The Balaban J connectivity index is 1.95. The van der Waals surface area contributed by atoms with Crippen LogP contribution in [0.3, 0.4) is 0 Å². The van der Waals surface area contributed by atoms with Gasteiger partial charge in [0.05, 0.1) is 0 Å². The standard InChI is InChI=1S/C59H93N9O16/c1-55(2,3)68(54(79)80)28-18-21-41-48(73)66-42(31-37-29-35(22-24-44(37)69)36-23-25-45(70)38(30-36)32-43(49(74)65-41)67-53(78)84-59(13,14)15)47(72)60-26-16-19-39(63-51(76)82-57(7,8)9)33-46(71)62-34-40(64-52(77)83-58(10,11)12)20-17-27-61-50(75)81-56(4,5)6/h22-25,29-30,39-43,69-70H,16-21,26-28,31-34H2,1-15H3,(H,60,72)(H,61,75)(H,62,71)(H,63,76)(H,64,77)(H,65,74)(H,66,73)(H,67,78)(H,79,80)/t39-,40-,41-,42-,43-/m0/s1. The van der Waals surface area contributed by atoms with E-state index in [9.17, 15) is 58.5 Å². The highest BCUT2D eigenvalue weighted by atomic mass is 16.6. The Bertz CT molecular complexity index is 2610. The number of alkyl carbamates (subject to hydrolysis) is 4. The lowest BCUT2D eigenvalue weighted by molar-refractivity contribution is -0.132. The molecular formula is C59H93N9O16. The lowest BCUT2D eigenvalue weighted by Gasteiger charge is -2.33. The Labute approximate surface area is 493 Å². The zero-order chi connectivity index (χ0) is 63.5. The third kappa shape index (κ3) is 27.1.